The first-order valence-corrected chi connectivity index (χ1v) is 8.41. The second-order valence-corrected chi connectivity index (χ2v) is 6.38. The molecule has 1 heterocycles. The van der Waals surface area contributed by atoms with E-state index in [2.05, 4.69) is 5.32 Å². The van der Waals surface area contributed by atoms with Gasteiger partial charge in [-0.05, 0) is 36.9 Å². The van der Waals surface area contributed by atoms with Crippen LogP contribution in [-0.2, 0) is 4.79 Å². The highest BCUT2D eigenvalue weighted by atomic mass is 35.5. The molecule has 0 spiro atoms. The fraction of sp³-hybridized carbons (Fsp3) is 0.556. The molecule has 3 unspecified atom stereocenters. The molecule has 1 saturated heterocycles. The highest BCUT2D eigenvalue weighted by Gasteiger charge is 2.33. The third kappa shape index (κ3) is 4.95. The highest BCUT2D eigenvalue weighted by molar-refractivity contribution is 5.97. The Morgan fingerprint density at radius 2 is 2.00 bits per heavy atom. The van der Waals surface area contributed by atoms with Crippen molar-refractivity contribution in [3.63, 3.8) is 0 Å². The quantitative estimate of drug-likeness (QED) is 0.822. The Morgan fingerprint density at radius 1 is 1.33 bits per heavy atom. The van der Waals surface area contributed by atoms with E-state index in [1.165, 1.54) is 0 Å². The second kappa shape index (κ2) is 9.64. The zero-order chi connectivity index (χ0) is 16.8. The fourth-order valence-corrected chi connectivity index (χ4v) is 2.92. The molecule has 2 rings (SSSR count). The van der Waals surface area contributed by atoms with E-state index in [-0.39, 0.29) is 30.1 Å². The number of nitrogens with two attached hydrogens (primary N) is 1. The molecule has 1 aromatic rings. The lowest BCUT2D eigenvalue weighted by Crippen LogP contribution is -2.51. The normalized spacial score (nSPS) is 19.3. The largest absolute Gasteiger partial charge is 0.341 e. The first-order chi connectivity index (χ1) is 11.1. The molecule has 1 aliphatic heterocycles. The summed E-state index contributed by atoms with van der Waals surface area (Å²) in [5, 5.41) is 2.93. The molecule has 1 fully saturated rings. The molecule has 0 saturated carbocycles. The molecule has 0 aromatic heterocycles. The van der Waals surface area contributed by atoms with Gasteiger partial charge < -0.3 is 16.0 Å². The van der Waals surface area contributed by atoms with Gasteiger partial charge in [0, 0.05) is 18.7 Å². The number of hydrogen-bond acceptors (Lipinski definition) is 3. The lowest BCUT2D eigenvalue weighted by Gasteiger charge is -2.28. The van der Waals surface area contributed by atoms with Gasteiger partial charge in [-0.3, -0.25) is 9.59 Å². The van der Waals surface area contributed by atoms with Gasteiger partial charge in [-0.2, -0.15) is 0 Å². The zero-order valence-electron chi connectivity index (χ0n) is 14.4. The Labute approximate surface area is 150 Å². The van der Waals surface area contributed by atoms with Crippen molar-refractivity contribution < 1.29 is 9.59 Å². The molecule has 0 aliphatic carbocycles. The van der Waals surface area contributed by atoms with E-state index < -0.39 is 6.04 Å². The maximum atomic E-state index is 12.8. The first kappa shape index (κ1) is 20.5. The van der Waals surface area contributed by atoms with E-state index in [0.717, 1.165) is 19.4 Å². The minimum atomic E-state index is -0.482. The Bertz CT molecular complexity index is 538. The molecule has 1 aromatic carbocycles. The molecule has 3 atom stereocenters. The van der Waals surface area contributed by atoms with Crippen molar-refractivity contribution in [1.82, 2.24) is 10.2 Å². The van der Waals surface area contributed by atoms with Gasteiger partial charge in [-0.1, -0.05) is 38.5 Å². The van der Waals surface area contributed by atoms with Gasteiger partial charge in [-0.15, -0.1) is 12.4 Å². The molecular formula is C18H28ClN3O2. The van der Waals surface area contributed by atoms with Crippen LogP contribution in [0.5, 0.6) is 0 Å². The first-order valence-electron chi connectivity index (χ1n) is 8.41. The van der Waals surface area contributed by atoms with Gasteiger partial charge >= 0.3 is 0 Å². The van der Waals surface area contributed by atoms with Crippen LogP contribution in [-0.4, -0.2) is 42.4 Å². The van der Waals surface area contributed by atoms with Crippen LogP contribution in [0.15, 0.2) is 30.3 Å². The molecule has 1 aliphatic rings. The summed E-state index contributed by atoms with van der Waals surface area (Å²) in [6, 6.07) is 8.54. The van der Waals surface area contributed by atoms with Gasteiger partial charge in [0.05, 0.1) is 0 Å². The van der Waals surface area contributed by atoms with Gasteiger partial charge in [0.15, 0.2) is 0 Å². The van der Waals surface area contributed by atoms with Gasteiger partial charge in [0.1, 0.15) is 6.04 Å². The van der Waals surface area contributed by atoms with Crippen molar-refractivity contribution >= 4 is 24.2 Å². The van der Waals surface area contributed by atoms with E-state index >= 15 is 0 Å². The molecule has 0 radical (unpaired) electrons. The number of carbonyl (C=O) groups excluding carboxylic acids is 2. The third-order valence-electron chi connectivity index (χ3n) is 4.73. The third-order valence-corrected chi connectivity index (χ3v) is 4.73. The number of rotatable bonds is 6. The number of halogens is 1. The summed E-state index contributed by atoms with van der Waals surface area (Å²) in [7, 11) is 0. The minimum absolute atomic E-state index is 0. The number of hydrogen-bond donors (Lipinski definition) is 2. The van der Waals surface area contributed by atoms with Crippen LogP contribution in [0.3, 0.4) is 0 Å². The number of amides is 2. The van der Waals surface area contributed by atoms with E-state index in [1.54, 1.807) is 12.1 Å². The molecule has 2 amide bonds. The van der Waals surface area contributed by atoms with Gasteiger partial charge in [0.2, 0.25) is 5.91 Å². The highest BCUT2D eigenvalue weighted by Crippen LogP contribution is 2.19. The van der Waals surface area contributed by atoms with E-state index in [9.17, 15) is 9.59 Å². The van der Waals surface area contributed by atoms with Crippen molar-refractivity contribution in [1.29, 1.82) is 0 Å². The maximum Gasteiger partial charge on any atom is 0.251 e. The topological polar surface area (TPSA) is 75.4 Å². The number of likely N-dealkylation sites (tertiary alicyclic amines) is 1. The average molecular weight is 354 g/mol. The minimum Gasteiger partial charge on any atom is -0.341 e. The van der Waals surface area contributed by atoms with Crippen LogP contribution < -0.4 is 11.1 Å². The maximum absolute atomic E-state index is 12.8. The smallest absolute Gasteiger partial charge is 0.251 e. The zero-order valence-corrected chi connectivity index (χ0v) is 15.2. The number of benzene rings is 1. The van der Waals surface area contributed by atoms with Crippen LogP contribution in [0, 0.1) is 11.8 Å². The fourth-order valence-electron chi connectivity index (χ4n) is 2.92. The molecule has 0 bridgehead atoms. The lowest BCUT2D eigenvalue weighted by atomic mass is 9.97. The van der Waals surface area contributed by atoms with Crippen molar-refractivity contribution in [3.8, 4) is 0 Å². The summed E-state index contributed by atoms with van der Waals surface area (Å²) >= 11 is 0. The van der Waals surface area contributed by atoms with Crippen LogP contribution in [0.25, 0.3) is 0 Å². The van der Waals surface area contributed by atoms with Crippen LogP contribution in [0.2, 0.25) is 0 Å². The Kier molecular flexibility index (Phi) is 8.22. The molecule has 134 valence electrons. The molecule has 5 nitrogen and oxygen atoms in total. The summed E-state index contributed by atoms with van der Waals surface area (Å²) in [5.74, 6) is 0.284. The molecule has 24 heavy (non-hydrogen) atoms. The predicted molar refractivity (Wildman–Crippen MR) is 98.1 cm³/mol. The summed E-state index contributed by atoms with van der Waals surface area (Å²) < 4.78 is 0. The van der Waals surface area contributed by atoms with E-state index in [4.69, 9.17) is 5.73 Å². The van der Waals surface area contributed by atoms with Crippen LogP contribution >= 0.6 is 12.4 Å². The van der Waals surface area contributed by atoms with Gasteiger partial charge in [-0.25, -0.2) is 0 Å². The van der Waals surface area contributed by atoms with Crippen molar-refractivity contribution in [2.75, 3.05) is 19.6 Å². The second-order valence-electron chi connectivity index (χ2n) is 6.38. The number of nitrogens with one attached hydrogen (secondary N) is 1. The van der Waals surface area contributed by atoms with E-state index in [0.29, 0.717) is 24.6 Å². The SMILES string of the molecule is CCC(C)C(NC(=O)c1ccccc1)C(=O)N1CCC(CN)C1.Cl. The average Bonchev–Trinajstić information content (AvgIpc) is 3.08. The number of carbonyl (C=O) groups is 2. The van der Waals surface area contributed by atoms with Crippen molar-refractivity contribution in [2.45, 2.75) is 32.7 Å². The Hall–Kier alpha value is -1.59. The summed E-state index contributed by atoms with van der Waals surface area (Å²) in [4.78, 5) is 27.1. The summed E-state index contributed by atoms with van der Waals surface area (Å²) in [6.45, 7) is 6.07. The molecule has 3 N–H and O–H groups in total. The summed E-state index contributed by atoms with van der Waals surface area (Å²) in [5.41, 5.74) is 6.29. The Morgan fingerprint density at radius 3 is 2.54 bits per heavy atom. The monoisotopic (exact) mass is 353 g/mol. The summed E-state index contributed by atoms with van der Waals surface area (Å²) in [6.07, 6.45) is 1.78. The van der Waals surface area contributed by atoms with Crippen LogP contribution in [0.1, 0.15) is 37.0 Å². The standard InChI is InChI=1S/C18H27N3O2.ClH/c1-3-13(2)16(18(23)21-10-9-14(11-19)12-21)20-17(22)15-7-5-4-6-8-15;/h4-8,13-14,16H,3,9-12,19H2,1-2H3,(H,20,22);1H. The van der Waals surface area contributed by atoms with Gasteiger partial charge in [0.25, 0.3) is 5.91 Å². The van der Waals surface area contributed by atoms with Crippen molar-refractivity contribution in [2.24, 2.45) is 17.6 Å². The lowest BCUT2D eigenvalue weighted by molar-refractivity contribution is -0.133. The van der Waals surface area contributed by atoms with Crippen molar-refractivity contribution in [3.05, 3.63) is 35.9 Å². The van der Waals surface area contributed by atoms with Crippen LogP contribution in [0.4, 0.5) is 0 Å². The number of nitrogens with zero attached hydrogens (tertiary/aromatic N) is 1. The van der Waals surface area contributed by atoms with E-state index in [1.807, 2.05) is 36.9 Å². The molecule has 6 heteroatoms. The Balaban J connectivity index is 0.00000288. The molecular weight excluding hydrogens is 326 g/mol. The predicted octanol–water partition coefficient (Wildman–Crippen LogP) is 2.06.